The van der Waals surface area contributed by atoms with E-state index in [2.05, 4.69) is 108 Å². The molecule has 0 saturated carbocycles. The summed E-state index contributed by atoms with van der Waals surface area (Å²) in [5.41, 5.74) is 10.3. The number of hydrogen-bond donors (Lipinski definition) is 1. The number of aromatic nitrogens is 1. The fourth-order valence-electron chi connectivity index (χ4n) is 4.84. The lowest BCUT2D eigenvalue weighted by Gasteiger charge is -2.09. The number of methoxy groups -OCH3 is 2. The molecule has 37 heavy (non-hydrogen) atoms. The third kappa shape index (κ3) is 4.97. The molecule has 0 spiro atoms. The van der Waals surface area contributed by atoms with Gasteiger partial charge in [0, 0.05) is 35.4 Å². The summed E-state index contributed by atoms with van der Waals surface area (Å²) in [6.07, 6.45) is 8.53. The number of ether oxygens (including phenoxy) is 2. The largest absolute Gasteiger partial charge is 0.496 e. The van der Waals surface area contributed by atoms with Crippen LogP contribution in [0.5, 0.6) is 11.5 Å². The molecule has 0 radical (unpaired) electrons. The highest BCUT2D eigenvalue weighted by Crippen LogP contribution is 2.31. The molecule has 0 aliphatic heterocycles. The quantitative estimate of drug-likeness (QED) is 0.251. The van der Waals surface area contributed by atoms with Crippen LogP contribution in [0, 0.1) is 0 Å². The second-order valence-corrected chi connectivity index (χ2v) is 8.79. The molecule has 1 aromatic heterocycles. The minimum absolute atomic E-state index is 0.533. The molecule has 0 atom stereocenters. The van der Waals surface area contributed by atoms with Gasteiger partial charge in [0.2, 0.25) is 11.4 Å². The lowest BCUT2D eigenvalue weighted by atomic mass is 10.0. The van der Waals surface area contributed by atoms with Crippen LogP contribution in [0.15, 0.2) is 91.0 Å². The van der Waals surface area contributed by atoms with E-state index in [0.717, 1.165) is 44.8 Å². The SMILES string of the molecule is COc1ccc2ccccc2c1/C=C/c1cccc(/C=C/c2c(OC)ccc3ccccc23)[n+]1CCN. The molecule has 0 saturated heterocycles. The highest BCUT2D eigenvalue weighted by Gasteiger charge is 2.14. The number of fused-ring (bicyclic) bond motifs is 2. The molecule has 0 bridgehead atoms. The van der Waals surface area contributed by atoms with E-state index in [9.17, 15) is 0 Å². The fraction of sp³-hybridized carbons (Fsp3) is 0.121. The molecule has 0 amide bonds. The zero-order valence-electron chi connectivity index (χ0n) is 21.2. The average molecular weight is 488 g/mol. The summed E-state index contributed by atoms with van der Waals surface area (Å²) >= 11 is 0. The van der Waals surface area contributed by atoms with Crippen LogP contribution in [0.25, 0.3) is 45.8 Å². The van der Waals surface area contributed by atoms with Gasteiger partial charge in [-0.15, -0.1) is 0 Å². The van der Waals surface area contributed by atoms with Crippen molar-refractivity contribution >= 4 is 45.8 Å². The number of rotatable bonds is 8. The van der Waals surface area contributed by atoms with Crippen LogP contribution >= 0.6 is 0 Å². The summed E-state index contributed by atoms with van der Waals surface area (Å²) in [6, 6.07) is 31.2. The summed E-state index contributed by atoms with van der Waals surface area (Å²) in [5.74, 6) is 1.69. The third-order valence-electron chi connectivity index (χ3n) is 6.65. The number of hydrogen-bond acceptors (Lipinski definition) is 3. The topological polar surface area (TPSA) is 48.4 Å². The molecule has 1 heterocycles. The molecule has 4 nitrogen and oxygen atoms in total. The summed E-state index contributed by atoms with van der Waals surface area (Å²) in [7, 11) is 3.42. The summed E-state index contributed by atoms with van der Waals surface area (Å²) in [5, 5.41) is 4.67. The van der Waals surface area contributed by atoms with Gasteiger partial charge in [-0.05, 0) is 51.9 Å². The maximum absolute atomic E-state index is 6.04. The summed E-state index contributed by atoms with van der Waals surface area (Å²) in [4.78, 5) is 0. The maximum Gasteiger partial charge on any atom is 0.205 e. The first-order chi connectivity index (χ1) is 18.2. The van der Waals surface area contributed by atoms with E-state index >= 15 is 0 Å². The lowest BCUT2D eigenvalue weighted by molar-refractivity contribution is -0.697. The average Bonchev–Trinajstić information content (AvgIpc) is 2.95. The number of pyridine rings is 1. The van der Waals surface area contributed by atoms with E-state index in [1.54, 1.807) is 14.2 Å². The van der Waals surface area contributed by atoms with Gasteiger partial charge in [-0.25, -0.2) is 0 Å². The van der Waals surface area contributed by atoms with Crippen LogP contribution in [0.1, 0.15) is 22.5 Å². The molecule has 2 N–H and O–H groups in total. The van der Waals surface area contributed by atoms with E-state index in [4.69, 9.17) is 15.2 Å². The normalized spacial score (nSPS) is 11.6. The Morgan fingerprint density at radius 2 is 1.08 bits per heavy atom. The molecule has 5 aromatic rings. The molecule has 4 heteroatoms. The Morgan fingerprint density at radius 1 is 0.595 bits per heavy atom. The van der Waals surface area contributed by atoms with Crippen molar-refractivity contribution in [1.29, 1.82) is 0 Å². The van der Waals surface area contributed by atoms with E-state index in [1.165, 1.54) is 10.8 Å². The smallest absolute Gasteiger partial charge is 0.205 e. The first-order valence-electron chi connectivity index (χ1n) is 12.4. The van der Waals surface area contributed by atoms with Gasteiger partial charge in [0.25, 0.3) is 0 Å². The number of nitrogens with zero attached hydrogens (tertiary/aromatic N) is 1. The Hall–Kier alpha value is -4.41. The standard InChI is InChI=1S/C33H31N2O2/c1-36-32-20-14-24-8-3-5-12-28(24)30(32)18-16-26-10-7-11-27(35(26)23-22-34)17-19-31-29-13-6-4-9-25(29)15-21-33(31)37-2/h3-21H,22-23,34H2,1-2H3/q+1/b18-16+,19-17+. The number of benzene rings is 4. The van der Waals surface area contributed by atoms with Gasteiger partial charge in [0.05, 0.1) is 20.8 Å². The van der Waals surface area contributed by atoms with Gasteiger partial charge in [-0.3, -0.25) is 0 Å². The molecule has 0 aliphatic rings. The highest BCUT2D eigenvalue weighted by molar-refractivity contribution is 5.96. The van der Waals surface area contributed by atoms with E-state index < -0.39 is 0 Å². The van der Waals surface area contributed by atoms with Gasteiger partial charge in [0.1, 0.15) is 11.5 Å². The molecular weight excluding hydrogens is 456 g/mol. The highest BCUT2D eigenvalue weighted by atomic mass is 16.5. The predicted molar refractivity (Wildman–Crippen MR) is 155 cm³/mol. The van der Waals surface area contributed by atoms with Crippen LogP contribution in [-0.2, 0) is 6.54 Å². The van der Waals surface area contributed by atoms with Crippen LogP contribution in [0.4, 0.5) is 0 Å². The number of nitrogens with two attached hydrogens (primary N) is 1. The Balaban J connectivity index is 1.58. The molecule has 0 fully saturated rings. The Labute approximate surface area is 217 Å². The Kier molecular flexibility index (Phi) is 7.29. The van der Waals surface area contributed by atoms with Gasteiger partial charge >= 0.3 is 0 Å². The van der Waals surface area contributed by atoms with Crippen molar-refractivity contribution in [1.82, 2.24) is 0 Å². The summed E-state index contributed by atoms with van der Waals surface area (Å²) in [6.45, 7) is 1.23. The van der Waals surface area contributed by atoms with E-state index in [-0.39, 0.29) is 0 Å². The Bertz CT molecular complexity index is 1500. The minimum Gasteiger partial charge on any atom is -0.496 e. The zero-order valence-corrected chi connectivity index (χ0v) is 21.2. The van der Waals surface area contributed by atoms with Crippen molar-refractivity contribution in [2.45, 2.75) is 6.54 Å². The van der Waals surface area contributed by atoms with Crippen molar-refractivity contribution < 1.29 is 14.0 Å². The van der Waals surface area contributed by atoms with Gasteiger partial charge < -0.3 is 15.2 Å². The molecular formula is C33H31N2O2+. The second kappa shape index (κ2) is 11.1. The molecule has 5 rings (SSSR count). The van der Waals surface area contributed by atoms with Gasteiger partial charge in [-0.1, -0.05) is 60.7 Å². The monoisotopic (exact) mass is 487 g/mol. The van der Waals surface area contributed by atoms with Crippen LogP contribution < -0.4 is 19.8 Å². The molecule has 0 unspecified atom stereocenters. The minimum atomic E-state index is 0.533. The van der Waals surface area contributed by atoms with Crippen molar-refractivity contribution in [2.24, 2.45) is 5.73 Å². The van der Waals surface area contributed by atoms with Crippen LogP contribution in [0.3, 0.4) is 0 Å². The van der Waals surface area contributed by atoms with Gasteiger partial charge in [0.15, 0.2) is 6.54 Å². The summed E-state index contributed by atoms with van der Waals surface area (Å²) < 4.78 is 13.6. The first-order valence-corrected chi connectivity index (χ1v) is 12.4. The zero-order chi connectivity index (χ0) is 25.6. The first kappa shape index (κ1) is 24.3. The fourth-order valence-corrected chi connectivity index (χ4v) is 4.84. The van der Waals surface area contributed by atoms with Crippen molar-refractivity contribution in [3.05, 3.63) is 114 Å². The lowest BCUT2D eigenvalue weighted by Crippen LogP contribution is -2.43. The van der Waals surface area contributed by atoms with E-state index in [1.807, 2.05) is 12.1 Å². The molecule has 4 aromatic carbocycles. The van der Waals surface area contributed by atoms with Crippen LogP contribution in [-0.4, -0.2) is 20.8 Å². The van der Waals surface area contributed by atoms with Crippen LogP contribution in [0.2, 0.25) is 0 Å². The second-order valence-electron chi connectivity index (χ2n) is 8.79. The Morgan fingerprint density at radius 3 is 1.54 bits per heavy atom. The molecule has 0 aliphatic carbocycles. The molecule has 184 valence electrons. The maximum atomic E-state index is 6.04. The van der Waals surface area contributed by atoms with Gasteiger partial charge in [-0.2, -0.15) is 4.57 Å². The van der Waals surface area contributed by atoms with Crippen molar-refractivity contribution in [3.8, 4) is 11.5 Å². The third-order valence-corrected chi connectivity index (χ3v) is 6.65. The van der Waals surface area contributed by atoms with Crippen molar-refractivity contribution in [2.75, 3.05) is 20.8 Å². The predicted octanol–water partition coefficient (Wildman–Crippen LogP) is 6.60. The van der Waals surface area contributed by atoms with E-state index in [0.29, 0.717) is 13.1 Å². The van der Waals surface area contributed by atoms with Crippen molar-refractivity contribution in [3.63, 3.8) is 0 Å².